The van der Waals surface area contributed by atoms with Gasteiger partial charge in [0.2, 0.25) is 5.16 Å². The molecule has 4 aromatic heterocycles. The zero-order valence-corrected chi connectivity index (χ0v) is 17.4. The summed E-state index contributed by atoms with van der Waals surface area (Å²) in [7, 11) is 1.81. The van der Waals surface area contributed by atoms with Crippen molar-refractivity contribution in [1.82, 2.24) is 29.4 Å². The topological polar surface area (TPSA) is 99.2 Å². The summed E-state index contributed by atoms with van der Waals surface area (Å²) in [5, 5.41) is 16.4. The highest BCUT2D eigenvalue weighted by Crippen LogP contribution is 2.38. The van der Waals surface area contributed by atoms with E-state index in [1.165, 1.54) is 17.8 Å². The van der Waals surface area contributed by atoms with E-state index in [9.17, 15) is 9.18 Å². The Morgan fingerprint density at radius 2 is 2.06 bits per heavy atom. The first kappa shape index (κ1) is 18.8. The normalized spacial score (nSPS) is 13.2. The van der Waals surface area contributed by atoms with E-state index in [1.54, 1.807) is 34.7 Å². The van der Waals surface area contributed by atoms with Gasteiger partial charge in [0, 0.05) is 40.8 Å². The van der Waals surface area contributed by atoms with Gasteiger partial charge in [-0.1, -0.05) is 0 Å². The zero-order valence-electron chi connectivity index (χ0n) is 16.6. The summed E-state index contributed by atoms with van der Waals surface area (Å²) in [4.78, 5) is 16.8. The summed E-state index contributed by atoms with van der Waals surface area (Å²) >= 11 is 1.34. The first-order valence-electron chi connectivity index (χ1n) is 9.62. The molecule has 1 aliphatic heterocycles. The van der Waals surface area contributed by atoms with Crippen molar-refractivity contribution in [3.05, 3.63) is 54.9 Å². The molecule has 0 bridgehead atoms. The number of amides is 1. The number of rotatable bonds is 3. The molecule has 1 aliphatic rings. The Morgan fingerprint density at radius 1 is 1.16 bits per heavy atom. The highest BCUT2D eigenvalue weighted by molar-refractivity contribution is 7.99. The lowest BCUT2D eigenvalue weighted by atomic mass is 10.1. The first-order chi connectivity index (χ1) is 15.5. The smallest absolute Gasteiger partial charge is 0.262 e. The van der Waals surface area contributed by atoms with Gasteiger partial charge in [0.25, 0.3) is 5.91 Å². The van der Waals surface area contributed by atoms with Gasteiger partial charge in [-0.05, 0) is 36.0 Å². The lowest BCUT2D eigenvalue weighted by molar-refractivity contribution is -0.118. The average molecular weight is 447 g/mol. The molecule has 5 heterocycles. The van der Waals surface area contributed by atoms with Gasteiger partial charge < -0.3 is 10.1 Å². The van der Waals surface area contributed by atoms with E-state index in [0.29, 0.717) is 22.2 Å². The molecule has 0 saturated heterocycles. The fourth-order valence-corrected chi connectivity index (χ4v) is 4.46. The molecule has 0 spiro atoms. The number of pyridine rings is 2. The Morgan fingerprint density at radius 3 is 2.91 bits per heavy atom. The third kappa shape index (κ3) is 3.05. The molecular weight excluding hydrogens is 433 g/mol. The molecule has 1 N–H and O–H groups in total. The minimum Gasteiger partial charge on any atom is -0.481 e. The summed E-state index contributed by atoms with van der Waals surface area (Å²) in [6.45, 7) is -0.0469. The van der Waals surface area contributed by atoms with Gasteiger partial charge in [-0.15, -0.1) is 10.2 Å². The Kier molecular flexibility index (Phi) is 4.12. The summed E-state index contributed by atoms with van der Waals surface area (Å²) in [6.07, 6.45) is 6.86. The van der Waals surface area contributed by atoms with Crippen molar-refractivity contribution in [3.63, 3.8) is 0 Å². The second-order valence-electron chi connectivity index (χ2n) is 7.27. The van der Waals surface area contributed by atoms with Gasteiger partial charge in [0.15, 0.2) is 23.8 Å². The van der Waals surface area contributed by atoms with Crippen LogP contribution in [0.5, 0.6) is 5.75 Å². The predicted molar refractivity (Wildman–Crippen MR) is 115 cm³/mol. The van der Waals surface area contributed by atoms with E-state index < -0.39 is 5.82 Å². The SMILES string of the molecule is Cn1cc(-c2cc(F)c3nnc(Sc4ccc5ncc6c(c5c4)OCC(=O)N6)n3c2)cn1. The maximum atomic E-state index is 14.7. The number of carbonyl (C=O) groups is 1. The molecule has 5 aromatic rings. The maximum absolute atomic E-state index is 14.7. The van der Waals surface area contributed by atoms with Crippen molar-refractivity contribution in [1.29, 1.82) is 0 Å². The van der Waals surface area contributed by atoms with Crippen molar-refractivity contribution in [2.24, 2.45) is 7.05 Å². The number of benzene rings is 1. The second-order valence-corrected chi connectivity index (χ2v) is 8.32. The number of nitrogens with zero attached hydrogens (tertiary/aromatic N) is 6. The maximum Gasteiger partial charge on any atom is 0.262 e. The van der Waals surface area contributed by atoms with Gasteiger partial charge in [-0.25, -0.2) is 4.39 Å². The standard InChI is InChI=1S/C21H14FN7O2S/c1-28-8-12(6-24-28)11-4-15(22)20-26-27-21(29(20)9-11)32-13-2-3-16-14(5-13)19-17(7-23-16)25-18(30)10-31-19/h2-9H,10H2,1H3,(H,25,30). The highest BCUT2D eigenvalue weighted by atomic mass is 32.2. The number of aromatic nitrogens is 6. The Labute approximate surface area is 184 Å². The minimum atomic E-state index is -0.466. The molecular formula is C21H14FN7O2S. The van der Waals surface area contributed by atoms with Gasteiger partial charge in [0.05, 0.1) is 17.9 Å². The Balaban J connectivity index is 1.42. The van der Waals surface area contributed by atoms with Gasteiger partial charge >= 0.3 is 0 Å². The molecule has 0 saturated carbocycles. The van der Waals surface area contributed by atoms with Crippen molar-refractivity contribution >= 4 is 39.9 Å². The fourth-order valence-electron chi connectivity index (χ4n) is 3.62. The van der Waals surface area contributed by atoms with Crippen LogP contribution in [0, 0.1) is 5.82 Å². The highest BCUT2D eigenvalue weighted by Gasteiger charge is 2.20. The van der Waals surface area contributed by atoms with Crippen LogP contribution in [0.2, 0.25) is 0 Å². The summed E-state index contributed by atoms with van der Waals surface area (Å²) in [5.41, 5.74) is 2.88. The lowest BCUT2D eigenvalue weighted by Gasteiger charge is -2.19. The fraction of sp³-hybridized carbons (Fsp3) is 0.0952. The van der Waals surface area contributed by atoms with Crippen LogP contribution in [-0.4, -0.2) is 41.9 Å². The number of halogens is 1. The molecule has 0 unspecified atom stereocenters. The third-order valence-electron chi connectivity index (χ3n) is 5.09. The molecule has 32 heavy (non-hydrogen) atoms. The van der Waals surface area contributed by atoms with E-state index in [0.717, 1.165) is 21.4 Å². The molecule has 9 nitrogen and oxygen atoms in total. The number of nitrogens with one attached hydrogen (secondary N) is 1. The molecule has 1 aromatic carbocycles. The summed E-state index contributed by atoms with van der Waals surface area (Å²) < 4.78 is 23.6. The average Bonchev–Trinajstić information content (AvgIpc) is 3.40. The van der Waals surface area contributed by atoms with Crippen LogP contribution < -0.4 is 10.1 Å². The van der Waals surface area contributed by atoms with Crippen LogP contribution in [0.3, 0.4) is 0 Å². The molecule has 158 valence electrons. The first-order valence-corrected chi connectivity index (χ1v) is 10.4. The van der Waals surface area contributed by atoms with E-state index in [-0.39, 0.29) is 18.2 Å². The molecule has 11 heteroatoms. The van der Waals surface area contributed by atoms with Gasteiger partial charge in [0.1, 0.15) is 5.69 Å². The molecule has 0 atom stereocenters. The molecule has 0 radical (unpaired) electrons. The van der Waals surface area contributed by atoms with Crippen LogP contribution in [0.15, 0.2) is 59.1 Å². The van der Waals surface area contributed by atoms with E-state index in [2.05, 4.69) is 25.6 Å². The van der Waals surface area contributed by atoms with Crippen molar-refractivity contribution in [3.8, 4) is 16.9 Å². The number of anilines is 1. The summed E-state index contributed by atoms with van der Waals surface area (Å²) in [5.74, 6) is -0.106. The van der Waals surface area contributed by atoms with Crippen molar-refractivity contribution < 1.29 is 13.9 Å². The monoisotopic (exact) mass is 447 g/mol. The van der Waals surface area contributed by atoms with Gasteiger partial charge in [-0.3, -0.25) is 18.9 Å². The Bertz CT molecular complexity index is 1540. The largest absolute Gasteiger partial charge is 0.481 e. The molecule has 6 rings (SSSR count). The van der Waals surface area contributed by atoms with Crippen LogP contribution >= 0.6 is 11.8 Å². The predicted octanol–water partition coefficient (Wildman–Crippen LogP) is 3.30. The quantitative estimate of drug-likeness (QED) is 0.453. The van der Waals surface area contributed by atoms with Crippen LogP contribution in [0.1, 0.15) is 0 Å². The van der Waals surface area contributed by atoms with E-state index in [4.69, 9.17) is 4.74 Å². The van der Waals surface area contributed by atoms with Crippen molar-refractivity contribution in [2.45, 2.75) is 10.1 Å². The van der Waals surface area contributed by atoms with E-state index in [1.807, 2.05) is 24.4 Å². The van der Waals surface area contributed by atoms with Crippen LogP contribution in [0.25, 0.3) is 27.7 Å². The Hall–Kier alpha value is -3.99. The van der Waals surface area contributed by atoms with E-state index >= 15 is 0 Å². The number of aryl methyl sites for hydroxylation is 1. The second kappa shape index (κ2) is 7.02. The minimum absolute atomic E-state index is 0.0469. The van der Waals surface area contributed by atoms with Crippen LogP contribution in [0.4, 0.5) is 10.1 Å². The van der Waals surface area contributed by atoms with Crippen LogP contribution in [-0.2, 0) is 11.8 Å². The number of ether oxygens (including phenoxy) is 1. The number of hydrogen-bond acceptors (Lipinski definition) is 7. The molecule has 0 aliphatic carbocycles. The number of carbonyl (C=O) groups excluding carboxylic acids is 1. The number of hydrogen-bond donors (Lipinski definition) is 1. The number of fused-ring (bicyclic) bond motifs is 4. The van der Waals surface area contributed by atoms with Gasteiger partial charge in [-0.2, -0.15) is 5.10 Å². The lowest BCUT2D eigenvalue weighted by Crippen LogP contribution is -2.25. The summed E-state index contributed by atoms with van der Waals surface area (Å²) in [6, 6.07) is 7.10. The van der Waals surface area contributed by atoms with Crippen molar-refractivity contribution in [2.75, 3.05) is 11.9 Å². The third-order valence-corrected chi connectivity index (χ3v) is 6.04. The zero-order chi connectivity index (χ0) is 21.8. The molecule has 1 amide bonds. The molecule has 0 fully saturated rings.